The lowest BCUT2D eigenvalue weighted by Crippen LogP contribution is -2.23. The van der Waals surface area contributed by atoms with E-state index in [0.29, 0.717) is 17.9 Å². The first kappa shape index (κ1) is 13.5. The van der Waals surface area contributed by atoms with E-state index in [0.717, 1.165) is 15.6 Å². The third kappa shape index (κ3) is 3.12. The van der Waals surface area contributed by atoms with E-state index in [1.807, 2.05) is 26.0 Å². The number of amides is 1. The zero-order chi connectivity index (χ0) is 13.8. The molecule has 0 saturated carbocycles. The lowest BCUT2D eigenvalue weighted by Gasteiger charge is -2.08. The van der Waals surface area contributed by atoms with Crippen LogP contribution in [0.3, 0.4) is 0 Å². The number of nitrogens with zero attached hydrogens (tertiary/aromatic N) is 1. The van der Waals surface area contributed by atoms with Gasteiger partial charge in [-0.25, -0.2) is 4.98 Å². The Labute approximate surface area is 116 Å². The number of methoxy groups -OCH3 is 1. The minimum atomic E-state index is -0.136. The van der Waals surface area contributed by atoms with Gasteiger partial charge in [-0.2, -0.15) is 0 Å². The van der Waals surface area contributed by atoms with Gasteiger partial charge in [0.15, 0.2) is 0 Å². The van der Waals surface area contributed by atoms with Crippen LogP contribution >= 0.6 is 11.3 Å². The van der Waals surface area contributed by atoms with Crippen LogP contribution < -0.4 is 10.1 Å². The first-order valence-electron chi connectivity index (χ1n) is 5.96. The number of benzene rings is 1. The van der Waals surface area contributed by atoms with Crippen molar-refractivity contribution in [2.24, 2.45) is 0 Å². The summed E-state index contributed by atoms with van der Waals surface area (Å²) in [5, 5.41) is 3.91. The van der Waals surface area contributed by atoms with E-state index in [1.54, 1.807) is 30.6 Å². The third-order valence-corrected chi connectivity index (χ3v) is 3.83. The first-order valence-corrected chi connectivity index (χ1v) is 6.77. The van der Waals surface area contributed by atoms with Gasteiger partial charge in [0.1, 0.15) is 5.75 Å². The summed E-state index contributed by atoms with van der Waals surface area (Å²) >= 11 is 1.60. The largest absolute Gasteiger partial charge is 0.496 e. The molecule has 2 rings (SSSR count). The summed E-state index contributed by atoms with van der Waals surface area (Å²) in [5.74, 6) is 0.445. The Morgan fingerprint density at radius 3 is 2.74 bits per heavy atom. The molecule has 19 heavy (non-hydrogen) atoms. The second-order valence-electron chi connectivity index (χ2n) is 4.12. The maximum atomic E-state index is 12.1. The third-order valence-electron chi connectivity index (χ3n) is 2.76. The lowest BCUT2D eigenvalue weighted by molar-refractivity contribution is 0.0948. The van der Waals surface area contributed by atoms with Crippen molar-refractivity contribution in [1.29, 1.82) is 0 Å². The molecular formula is C14H16N2O2S. The van der Waals surface area contributed by atoms with E-state index < -0.39 is 0 Å². The number of aromatic nitrogens is 1. The SMILES string of the molecule is COc1ccccc1C(=O)NCc1sc(C)nc1C. The Kier molecular flexibility index (Phi) is 4.16. The number of hydrogen-bond donors (Lipinski definition) is 1. The highest BCUT2D eigenvalue weighted by molar-refractivity contribution is 7.11. The maximum absolute atomic E-state index is 12.1. The van der Waals surface area contributed by atoms with Crippen LogP contribution in [-0.4, -0.2) is 18.0 Å². The molecule has 0 spiro atoms. The summed E-state index contributed by atoms with van der Waals surface area (Å²) < 4.78 is 5.18. The average Bonchev–Trinajstić information content (AvgIpc) is 2.74. The fraction of sp³-hybridized carbons (Fsp3) is 0.286. The van der Waals surface area contributed by atoms with Crippen molar-refractivity contribution in [3.8, 4) is 5.75 Å². The summed E-state index contributed by atoms with van der Waals surface area (Å²) in [5.41, 5.74) is 1.52. The molecule has 5 heteroatoms. The fourth-order valence-corrected chi connectivity index (χ4v) is 2.70. The predicted octanol–water partition coefficient (Wildman–Crippen LogP) is 2.70. The van der Waals surface area contributed by atoms with Gasteiger partial charge in [0, 0.05) is 4.88 Å². The molecule has 0 aliphatic rings. The topological polar surface area (TPSA) is 51.2 Å². The summed E-state index contributed by atoms with van der Waals surface area (Å²) in [7, 11) is 1.56. The fourth-order valence-electron chi connectivity index (χ4n) is 1.83. The van der Waals surface area contributed by atoms with Gasteiger partial charge in [-0.3, -0.25) is 4.79 Å². The Bertz CT molecular complexity index is 593. The molecule has 1 amide bonds. The number of carbonyl (C=O) groups excluding carboxylic acids is 1. The van der Waals surface area contributed by atoms with Crippen LogP contribution in [0.5, 0.6) is 5.75 Å². The smallest absolute Gasteiger partial charge is 0.255 e. The monoisotopic (exact) mass is 276 g/mol. The number of rotatable bonds is 4. The van der Waals surface area contributed by atoms with Crippen LogP contribution in [0.4, 0.5) is 0 Å². The molecule has 1 N–H and O–H groups in total. The van der Waals surface area contributed by atoms with Crippen molar-refractivity contribution in [3.63, 3.8) is 0 Å². The number of thiazole rings is 1. The minimum Gasteiger partial charge on any atom is -0.496 e. The minimum absolute atomic E-state index is 0.136. The van der Waals surface area contributed by atoms with Gasteiger partial charge in [0.25, 0.3) is 5.91 Å². The zero-order valence-electron chi connectivity index (χ0n) is 11.2. The van der Waals surface area contributed by atoms with Crippen LogP contribution in [0.15, 0.2) is 24.3 Å². The normalized spacial score (nSPS) is 10.3. The number of aryl methyl sites for hydroxylation is 2. The highest BCUT2D eigenvalue weighted by atomic mass is 32.1. The molecule has 1 aromatic carbocycles. The number of para-hydroxylation sites is 1. The van der Waals surface area contributed by atoms with Crippen molar-refractivity contribution < 1.29 is 9.53 Å². The Balaban J connectivity index is 2.07. The van der Waals surface area contributed by atoms with E-state index in [2.05, 4.69) is 10.3 Å². The summed E-state index contributed by atoms with van der Waals surface area (Å²) in [6, 6.07) is 7.18. The molecule has 0 atom stereocenters. The first-order chi connectivity index (χ1) is 9.11. The van der Waals surface area contributed by atoms with Gasteiger partial charge in [-0.05, 0) is 26.0 Å². The van der Waals surface area contributed by atoms with Crippen LogP contribution in [0.1, 0.15) is 25.9 Å². The second-order valence-corrected chi connectivity index (χ2v) is 5.41. The lowest BCUT2D eigenvalue weighted by atomic mass is 10.2. The molecule has 0 radical (unpaired) electrons. The van der Waals surface area contributed by atoms with Crippen LogP contribution in [-0.2, 0) is 6.54 Å². The van der Waals surface area contributed by atoms with Gasteiger partial charge in [0.05, 0.1) is 29.9 Å². The van der Waals surface area contributed by atoms with Crippen molar-refractivity contribution in [2.75, 3.05) is 7.11 Å². The summed E-state index contributed by atoms with van der Waals surface area (Å²) in [6.07, 6.45) is 0. The maximum Gasteiger partial charge on any atom is 0.255 e. The van der Waals surface area contributed by atoms with E-state index in [1.165, 1.54) is 0 Å². The molecule has 0 fully saturated rings. The van der Waals surface area contributed by atoms with Gasteiger partial charge < -0.3 is 10.1 Å². The number of nitrogens with one attached hydrogen (secondary N) is 1. The quantitative estimate of drug-likeness (QED) is 0.934. The van der Waals surface area contributed by atoms with Crippen molar-refractivity contribution >= 4 is 17.2 Å². The molecular weight excluding hydrogens is 260 g/mol. The van der Waals surface area contributed by atoms with E-state index in [-0.39, 0.29) is 5.91 Å². The van der Waals surface area contributed by atoms with Gasteiger partial charge >= 0.3 is 0 Å². The van der Waals surface area contributed by atoms with Gasteiger partial charge in [-0.15, -0.1) is 11.3 Å². The highest BCUT2D eigenvalue weighted by Gasteiger charge is 2.12. The molecule has 1 heterocycles. The Hall–Kier alpha value is -1.88. The van der Waals surface area contributed by atoms with Crippen LogP contribution in [0.2, 0.25) is 0 Å². The van der Waals surface area contributed by atoms with E-state index >= 15 is 0 Å². The van der Waals surface area contributed by atoms with Crippen molar-refractivity contribution in [3.05, 3.63) is 45.4 Å². The molecule has 0 aliphatic heterocycles. The molecule has 0 bridgehead atoms. The standard InChI is InChI=1S/C14H16N2O2S/c1-9-13(19-10(2)16-9)8-15-14(17)11-6-4-5-7-12(11)18-3/h4-7H,8H2,1-3H3,(H,15,17). The van der Waals surface area contributed by atoms with Crippen molar-refractivity contribution in [2.45, 2.75) is 20.4 Å². The van der Waals surface area contributed by atoms with E-state index in [9.17, 15) is 4.79 Å². The molecule has 2 aromatic rings. The number of hydrogen-bond acceptors (Lipinski definition) is 4. The summed E-state index contributed by atoms with van der Waals surface area (Å²) in [6.45, 7) is 4.41. The molecule has 4 nitrogen and oxygen atoms in total. The number of ether oxygens (including phenoxy) is 1. The number of carbonyl (C=O) groups is 1. The molecule has 0 saturated heterocycles. The molecule has 0 unspecified atom stereocenters. The zero-order valence-corrected chi connectivity index (χ0v) is 12.0. The van der Waals surface area contributed by atoms with Crippen molar-refractivity contribution in [1.82, 2.24) is 10.3 Å². The van der Waals surface area contributed by atoms with Gasteiger partial charge in [0.2, 0.25) is 0 Å². The molecule has 1 aromatic heterocycles. The van der Waals surface area contributed by atoms with Crippen LogP contribution in [0.25, 0.3) is 0 Å². The van der Waals surface area contributed by atoms with Crippen LogP contribution in [0, 0.1) is 13.8 Å². The van der Waals surface area contributed by atoms with E-state index in [4.69, 9.17) is 4.74 Å². The molecule has 100 valence electrons. The second kappa shape index (κ2) is 5.84. The average molecular weight is 276 g/mol. The Morgan fingerprint density at radius 1 is 1.37 bits per heavy atom. The summed E-state index contributed by atoms with van der Waals surface area (Å²) in [4.78, 5) is 17.5. The molecule has 0 aliphatic carbocycles. The van der Waals surface area contributed by atoms with Gasteiger partial charge in [-0.1, -0.05) is 12.1 Å². The highest BCUT2D eigenvalue weighted by Crippen LogP contribution is 2.19. The Morgan fingerprint density at radius 2 is 2.11 bits per heavy atom. The predicted molar refractivity (Wildman–Crippen MR) is 75.8 cm³/mol.